The molecule has 0 saturated heterocycles. The van der Waals surface area contributed by atoms with E-state index in [1.165, 1.54) is 0 Å². The molecule has 0 aliphatic heterocycles. The molecule has 0 aliphatic rings. The highest BCUT2D eigenvalue weighted by atomic mass is 16.2. The molecule has 0 radical (unpaired) electrons. The van der Waals surface area contributed by atoms with Crippen LogP contribution in [0.5, 0.6) is 0 Å². The number of amides is 3. The van der Waals surface area contributed by atoms with E-state index >= 15 is 0 Å². The molecule has 0 saturated carbocycles. The van der Waals surface area contributed by atoms with E-state index < -0.39 is 23.9 Å². The molecule has 7 N–H and O–H groups in total. The Morgan fingerprint density at radius 2 is 1.74 bits per heavy atom. The number of ketones is 1. The smallest absolute Gasteiger partial charge is 0.312 e. The fraction of sp³-hybridized carbons (Fsp3) is 0.750. The van der Waals surface area contributed by atoms with Gasteiger partial charge >= 0.3 is 6.03 Å². The van der Waals surface area contributed by atoms with E-state index in [0.717, 1.165) is 0 Å². The van der Waals surface area contributed by atoms with Gasteiger partial charge in [0.15, 0.2) is 5.78 Å². The quantitative estimate of drug-likeness (QED) is 0.419. The Labute approximate surface area is 113 Å². The van der Waals surface area contributed by atoms with Crippen molar-refractivity contribution in [3.05, 3.63) is 0 Å². The van der Waals surface area contributed by atoms with Crippen LogP contribution in [-0.4, -0.2) is 30.3 Å². The lowest BCUT2D eigenvalue weighted by molar-refractivity contribution is -0.128. The van der Waals surface area contributed by atoms with E-state index in [9.17, 15) is 14.4 Å². The first-order valence-corrected chi connectivity index (χ1v) is 6.36. The molecular formula is C12H24N4O3. The molecule has 0 heterocycles. The minimum atomic E-state index is -0.617. The van der Waals surface area contributed by atoms with Crippen molar-refractivity contribution >= 4 is 17.7 Å². The van der Waals surface area contributed by atoms with E-state index in [2.05, 4.69) is 5.32 Å². The number of urea groups is 1. The zero-order valence-electron chi connectivity index (χ0n) is 11.5. The Kier molecular flexibility index (Phi) is 7.74. The van der Waals surface area contributed by atoms with Gasteiger partial charge in [-0.25, -0.2) is 4.79 Å². The molecule has 110 valence electrons. The molecule has 0 unspecified atom stereocenters. The van der Waals surface area contributed by atoms with Crippen LogP contribution < -0.4 is 22.5 Å². The Morgan fingerprint density at radius 3 is 2.16 bits per heavy atom. The minimum absolute atomic E-state index is 0.0255. The summed E-state index contributed by atoms with van der Waals surface area (Å²) < 4.78 is 0. The topological polar surface area (TPSA) is 141 Å². The van der Waals surface area contributed by atoms with Crippen molar-refractivity contribution in [1.29, 1.82) is 0 Å². The van der Waals surface area contributed by atoms with Crippen LogP contribution in [0.4, 0.5) is 4.79 Å². The molecule has 0 spiro atoms. The second-order valence-corrected chi connectivity index (χ2v) is 4.97. The molecular weight excluding hydrogens is 248 g/mol. The maximum absolute atomic E-state index is 11.8. The van der Waals surface area contributed by atoms with Crippen LogP contribution in [0.25, 0.3) is 0 Å². The van der Waals surface area contributed by atoms with Gasteiger partial charge in [0.05, 0.1) is 6.04 Å². The SMILES string of the molecule is CC(C)[C@H](N)C(=O)C[C@@H](CCCNC(N)=O)C(N)=O. The van der Waals surface area contributed by atoms with Crippen LogP contribution in [0.2, 0.25) is 0 Å². The fourth-order valence-electron chi connectivity index (χ4n) is 1.66. The van der Waals surface area contributed by atoms with E-state index in [1.807, 2.05) is 13.8 Å². The van der Waals surface area contributed by atoms with Gasteiger partial charge in [0.1, 0.15) is 0 Å². The molecule has 0 aromatic heterocycles. The molecule has 3 amide bonds. The van der Waals surface area contributed by atoms with Gasteiger partial charge in [0, 0.05) is 18.9 Å². The fourth-order valence-corrected chi connectivity index (χ4v) is 1.66. The van der Waals surface area contributed by atoms with Crippen LogP contribution in [-0.2, 0) is 9.59 Å². The highest BCUT2D eigenvalue weighted by molar-refractivity contribution is 5.89. The van der Waals surface area contributed by atoms with Gasteiger partial charge in [-0.3, -0.25) is 9.59 Å². The van der Waals surface area contributed by atoms with E-state index in [1.54, 1.807) is 0 Å². The van der Waals surface area contributed by atoms with Crippen molar-refractivity contribution in [1.82, 2.24) is 5.32 Å². The number of nitrogens with two attached hydrogens (primary N) is 3. The summed E-state index contributed by atoms with van der Waals surface area (Å²) in [4.78, 5) is 33.6. The number of rotatable bonds is 9. The number of hydrogen-bond acceptors (Lipinski definition) is 4. The van der Waals surface area contributed by atoms with Gasteiger partial charge in [-0.15, -0.1) is 0 Å². The summed E-state index contributed by atoms with van der Waals surface area (Å²) >= 11 is 0. The summed E-state index contributed by atoms with van der Waals surface area (Å²) in [5.41, 5.74) is 15.9. The standard InChI is InChI=1S/C12H24N4O3/c1-7(2)10(13)9(17)6-8(11(14)18)4-3-5-16-12(15)19/h7-8,10H,3-6,13H2,1-2H3,(H2,14,18)(H3,15,16,19)/t8-,10+/m1/s1. The molecule has 7 heteroatoms. The number of primary amides is 2. The van der Waals surface area contributed by atoms with E-state index in [4.69, 9.17) is 17.2 Å². The number of hydrogen-bond donors (Lipinski definition) is 4. The number of nitrogens with one attached hydrogen (secondary N) is 1. The Balaban J connectivity index is 4.23. The second-order valence-electron chi connectivity index (χ2n) is 4.97. The summed E-state index contributed by atoms with van der Waals surface area (Å²) in [6, 6.07) is -1.20. The summed E-state index contributed by atoms with van der Waals surface area (Å²) in [6.07, 6.45) is 0.998. The predicted molar refractivity (Wildman–Crippen MR) is 71.9 cm³/mol. The lowest BCUT2D eigenvalue weighted by Crippen LogP contribution is -2.38. The van der Waals surface area contributed by atoms with Gasteiger partial charge in [-0.1, -0.05) is 13.8 Å². The summed E-state index contributed by atoms with van der Waals surface area (Å²) in [7, 11) is 0. The molecule has 0 fully saturated rings. The third-order valence-electron chi connectivity index (χ3n) is 2.97. The lowest BCUT2D eigenvalue weighted by Gasteiger charge is -2.18. The van der Waals surface area contributed by atoms with Gasteiger partial charge in [0.25, 0.3) is 0 Å². The van der Waals surface area contributed by atoms with Crippen molar-refractivity contribution < 1.29 is 14.4 Å². The monoisotopic (exact) mass is 272 g/mol. The normalized spacial score (nSPS) is 13.9. The Hall–Kier alpha value is -1.63. The lowest BCUT2D eigenvalue weighted by atomic mass is 9.90. The van der Waals surface area contributed by atoms with E-state index in [0.29, 0.717) is 19.4 Å². The van der Waals surface area contributed by atoms with Crippen LogP contribution in [0.15, 0.2) is 0 Å². The Bertz CT molecular complexity index is 331. The van der Waals surface area contributed by atoms with Crippen molar-refractivity contribution in [3.63, 3.8) is 0 Å². The van der Waals surface area contributed by atoms with Crippen LogP contribution >= 0.6 is 0 Å². The largest absolute Gasteiger partial charge is 0.369 e. The van der Waals surface area contributed by atoms with Crippen LogP contribution in [0, 0.1) is 11.8 Å². The zero-order valence-corrected chi connectivity index (χ0v) is 11.5. The van der Waals surface area contributed by atoms with E-state index in [-0.39, 0.29) is 18.1 Å². The second kappa shape index (κ2) is 8.47. The van der Waals surface area contributed by atoms with Gasteiger partial charge in [-0.2, -0.15) is 0 Å². The van der Waals surface area contributed by atoms with Crippen molar-refractivity contribution in [2.75, 3.05) is 6.54 Å². The highest BCUT2D eigenvalue weighted by Crippen LogP contribution is 2.14. The number of carbonyl (C=O) groups excluding carboxylic acids is 3. The summed E-state index contributed by atoms with van der Waals surface area (Å²) in [5, 5.41) is 2.41. The molecule has 0 aromatic carbocycles. The molecule has 0 aromatic rings. The first-order chi connectivity index (χ1) is 8.75. The van der Waals surface area contributed by atoms with Crippen molar-refractivity contribution in [2.24, 2.45) is 29.0 Å². The summed E-state index contributed by atoms with van der Waals surface area (Å²) in [6.45, 7) is 4.04. The average Bonchev–Trinajstić information content (AvgIpc) is 2.30. The minimum Gasteiger partial charge on any atom is -0.369 e. The highest BCUT2D eigenvalue weighted by Gasteiger charge is 2.24. The van der Waals surface area contributed by atoms with Crippen LogP contribution in [0.1, 0.15) is 33.1 Å². The molecule has 0 rings (SSSR count). The maximum Gasteiger partial charge on any atom is 0.312 e. The average molecular weight is 272 g/mol. The number of carbonyl (C=O) groups is 3. The van der Waals surface area contributed by atoms with Crippen molar-refractivity contribution in [2.45, 2.75) is 39.2 Å². The predicted octanol–water partition coefficient (Wildman–Crippen LogP) is -0.521. The van der Waals surface area contributed by atoms with Crippen molar-refractivity contribution in [3.8, 4) is 0 Å². The zero-order chi connectivity index (χ0) is 15.0. The van der Waals surface area contributed by atoms with Crippen LogP contribution in [0.3, 0.4) is 0 Å². The molecule has 0 bridgehead atoms. The third-order valence-corrected chi connectivity index (χ3v) is 2.97. The molecule has 19 heavy (non-hydrogen) atoms. The number of Topliss-reactive ketones (excluding diaryl/α,β-unsaturated/α-hetero) is 1. The first kappa shape index (κ1) is 17.4. The van der Waals surface area contributed by atoms with Gasteiger partial charge < -0.3 is 22.5 Å². The molecule has 0 aliphatic carbocycles. The Morgan fingerprint density at radius 1 is 1.16 bits per heavy atom. The maximum atomic E-state index is 11.8. The third kappa shape index (κ3) is 7.40. The molecule has 7 nitrogen and oxygen atoms in total. The molecule has 2 atom stereocenters. The van der Waals surface area contributed by atoms with Gasteiger partial charge in [-0.05, 0) is 18.8 Å². The van der Waals surface area contributed by atoms with Gasteiger partial charge in [0.2, 0.25) is 5.91 Å². The first-order valence-electron chi connectivity index (χ1n) is 6.36. The summed E-state index contributed by atoms with van der Waals surface area (Å²) in [5.74, 6) is -1.21.